The lowest BCUT2D eigenvalue weighted by Gasteiger charge is -2.26. The van der Waals surface area contributed by atoms with E-state index in [-0.39, 0.29) is 11.8 Å². The number of carbonyl (C=O) groups is 1. The van der Waals surface area contributed by atoms with E-state index >= 15 is 0 Å². The highest BCUT2D eigenvalue weighted by Gasteiger charge is 2.30. The van der Waals surface area contributed by atoms with E-state index < -0.39 is 0 Å². The first-order valence-corrected chi connectivity index (χ1v) is 12.7. The molecule has 5 rings (SSSR count). The molecule has 0 bridgehead atoms. The van der Waals surface area contributed by atoms with Gasteiger partial charge in [-0.1, -0.05) is 0 Å². The predicted molar refractivity (Wildman–Crippen MR) is 129 cm³/mol. The van der Waals surface area contributed by atoms with E-state index in [1.807, 2.05) is 13.2 Å². The Hall–Kier alpha value is -2.49. The zero-order valence-corrected chi connectivity index (χ0v) is 20.0. The summed E-state index contributed by atoms with van der Waals surface area (Å²) < 4.78 is 5.12. The second-order valence-corrected chi connectivity index (χ2v) is 10.0. The number of rotatable bonds is 7. The van der Waals surface area contributed by atoms with Gasteiger partial charge in [-0.05, 0) is 43.2 Å². The van der Waals surface area contributed by atoms with Crippen molar-refractivity contribution in [1.82, 2.24) is 14.9 Å². The number of thiophene rings is 1. The van der Waals surface area contributed by atoms with Gasteiger partial charge in [0.25, 0.3) is 0 Å². The third-order valence-electron chi connectivity index (χ3n) is 6.15. The summed E-state index contributed by atoms with van der Waals surface area (Å²) >= 11 is 3.38. The number of aromatic nitrogens is 2. The minimum absolute atomic E-state index is 0.0112. The summed E-state index contributed by atoms with van der Waals surface area (Å²) in [5.41, 5.74) is 2.32. The van der Waals surface area contributed by atoms with E-state index in [1.165, 1.54) is 10.4 Å². The first-order valence-electron chi connectivity index (χ1n) is 10.6. The van der Waals surface area contributed by atoms with Crippen LogP contribution in [0.25, 0.3) is 16.4 Å². The molecule has 3 aromatic rings. The minimum atomic E-state index is 0.0112. The quantitative estimate of drug-likeness (QED) is 0.539. The molecule has 9 heteroatoms. The van der Waals surface area contributed by atoms with Gasteiger partial charge in [-0.25, -0.2) is 9.97 Å². The predicted octanol–water partition coefficient (Wildman–Crippen LogP) is 2.74. The molecule has 0 saturated carbocycles. The molecule has 1 amide bonds. The Bertz CT molecular complexity index is 1320. The molecule has 1 unspecified atom stereocenters. The molecule has 3 heterocycles. The summed E-state index contributed by atoms with van der Waals surface area (Å²) in [5.74, 6) is 1.04. The van der Waals surface area contributed by atoms with Crippen LogP contribution in [-0.4, -0.2) is 54.3 Å². The molecule has 1 N–H and O–H groups in total. The second-order valence-electron chi connectivity index (χ2n) is 8.09. The summed E-state index contributed by atoms with van der Waals surface area (Å²) in [7, 11) is 3.52. The third kappa shape index (κ3) is 3.78. The molecule has 1 aliphatic heterocycles. The molecule has 0 fully saturated rings. The number of aryl methyl sites for hydroxylation is 1. The highest BCUT2D eigenvalue weighted by atomic mass is 32.2. The number of carbonyl (C=O) groups excluding carboxylic acids is 1. The van der Waals surface area contributed by atoms with Crippen molar-refractivity contribution < 1.29 is 9.53 Å². The number of fused-ring (bicyclic) bond motifs is 4. The standard InChI is InChI=1S/C23H25N5O2S2/c1-28(6-7-30-2)23(29)13-4-5-15-18(9-13)32-22-20(15)21(25-12-26-22)27-17-8-14-11-24-16(14)10-19(17)31-3/h8,10-13H,4-7,9H2,1-3H3,(H,25,26,27). The lowest BCUT2D eigenvalue weighted by Crippen LogP contribution is -2.37. The number of amides is 1. The number of thioether (sulfide) groups is 1. The van der Waals surface area contributed by atoms with Crippen LogP contribution in [0.15, 0.2) is 28.3 Å². The summed E-state index contributed by atoms with van der Waals surface area (Å²) in [6.07, 6.45) is 8.03. The van der Waals surface area contributed by atoms with Crippen LogP contribution in [0.5, 0.6) is 0 Å². The van der Waals surface area contributed by atoms with Crippen LogP contribution in [0.2, 0.25) is 0 Å². The normalized spacial score (nSPS) is 16.4. The highest BCUT2D eigenvalue weighted by molar-refractivity contribution is 7.98. The fourth-order valence-electron chi connectivity index (χ4n) is 4.33. The maximum Gasteiger partial charge on any atom is 0.225 e. The van der Waals surface area contributed by atoms with Crippen molar-refractivity contribution in [3.63, 3.8) is 0 Å². The largest absolute Gasteiger partial charge is 0.383 e. The smallest absolute Gasteiger partial charge is 0.225 e. The molecule has 1 aliphatic carbocycles. The van der Waals surface area contributed by atoms with E-state index in [0.29, 0.717) is 13.2 Å². The number of hydrogen-bond donors (Lipinski definition) is 1. The van der Waals surface area contributed by atoms with Crippen LogP contribution in [0.4, 0.5) is 11.5 Å². The zero-order valence-electron chi connectivity index (χ0n) is 18.3. The number of benzene rings is 1. The minimum Gasteiger partial charge on any atom is -0.383 e. The fourth-order valence-corrected chi connectivity index (χ4v) is 6.16. The van der Waals surface area contributed by atoms with Gasteiger partial charge in [0.05, 0.1) is 23.0 Å². The Balaban J connectivity index is 1.45. The van der Waals surface area contributed by atoms with Crippen molar-refractivity contribution in [2.24, 2.45) is 10.9 Å². The maximum absolute atomic E-state index is 12.9. The van der Waals surface area contributed by atoms with Gasteiger partial charge in [0.2, 0.25) is 5.91 Å². The number of ether oxygens (including phenoxy) is 1. The first-order chi connectivity index (χ1) is 15.6. The van der Waals surface area contributed by atoms with E-state index in [4.69, 9.17) is 4.74 Å². The van der Waals surface area contributed by atoms with Gasteiger partial charge in [0, 0.05) is 47.8 Å². The van der Waals surface area contributed by atoms with Crippen molar-refractivity contribution in [3.05, 3.63) is 39.5 Å². The molecular formula is C23H25N5O2S2. The van der Waals surface area contributed by atoms with Crippen LogP contribution in [0.3, 0.4) is 0 Å². The van der Waals surface area contributed by atoms with Crippen molar-refractivity contribution in [2.45, 2.75) is 24.2 Å². The highest BCUT2D eigenvalue weighted by Crippen LogP contribution is 2.41. The average Bonchev–Trinajstić information content (AvgIpc) is 3.17. The Morgan fingerprint density at radius 3 is 3.00 bits per heavy atom. The Kier molecular flexibility index (Phi) is 5.88. The summed E-state index contributed by atoms with van der Waals surface area (Å²) in [6.45, 7) is 1.17. The van der Waals surface area contributed by atoms with Gasteiger partial charge in [-0.2, -0.15) is 0 Å². The molecular weight excluding hydrogens is 442 g/mol. The third-order valence-corrected chi connectivity index (χ3v) is 8.09. The van der Waals surface area contributed by atoms with Crippen molar-refractivity contribution in [2.75, 3.05) is 38.9 Å². The summed E-state index contributed by atoms with van der Waals surface area (Å²) in [6, 6.07) is 4.24. The van der Waals surface area contributed by atoms with Crippen LogP contribution in [0, 0.1) is 5.92 Å². The summed E-state index contributed by atoms with van der Waals surface area (Å²) in [4.78, 5) is 31.5. The molecule has 1 atom stereocenters. The number of anilines is 2. The van der Waals surface area contributed by atoms with E-state index in [1.54, 1.807) is 41.4 Å². The van der Waals surface area contributed by atoms with Gasteiger partial charge < -0.3 is 15.0 Å². The van der Waals surface area contributed by atoms with Crippen LogP contribution in [0.1, 0.15) is 16.9 Å². The number of hydrogen-bond acceptors (Lipinski definition) is 8. The lowest BCUT2D eigenvalue weighted by atomic mass is 9.87. The molecule has 0 saturated heterocycles. The molecule has 166 valence electrons. The lowest BCUT2D eigenvalue weighted by molar-refractivity contribution is -0.135. The monoisotopic (exact) mass is 467 g/mol. The summed E-state index contributed by atoms with van der Waals surface area (Å²) in [5, 5.41) is 6.83. The van der Waals surface area contributed by atoms with Crippen LogP contribution in [-0.2, 0) is 22.4 Å². The number of likely N-dealkylation sites (N-methyl/N-ethyl adjacent to an activating group) is 1. The second kappa shape index (κ2) is 8.80. The molecule has 2 aliphatic rings. The molecule has 0 spiro atoms. The topological polar surface area (TPSA) is 79.7 Å². The Morgan fingerprint density at radius 2 is 2.25 bits per heavy atom. The van der Waals surface area contributed by atoms with Crippen LogP contribution >= 0.6 is 23.1 Å². The van der Waals surface area contributed by atoms with Gasteiger partial charge in [0.15, 0.2) is 0 Å². The molecule has 2 aromatic heterocycles. The molecule has 32 heavy (non-hydrogen) atoms. The van der Waals surface area contributed by atoms with Gasteiger partial charge in [-0.3, -0.25) is 9.79 Å². The fraction of sp³-hybridized carbons (Fsp3) is 0.391. The maximum atomic E-state index is 12.9. The number of nitrogens with one attached hydrogen (secondary N) is 1. The average molecular weight is 468 g/mol. The SMILES string of the molecule is COCCN(C)C(=O)C1CCc2c(sc3ncnc(Nc4cc5c(cc4SC)=NC=5)c23)C1. The van der Waals surface area contributed by atoms with Crippen molar-refractivity contribution in [3.8, 4) is 0 Å². The number of nitrogens with zero attached hydrogens (tertiary/aromatic N) is 4. The molecule has 0 radical (unpaired) electrons. The van der Waals surface area contributed by atoms with E-state index in [2.05, 4.69) is 38.7 Å². The van der Waals surface area contributed by atoms with E-state index in [9.17, 15) is 4.79 Å². The van der Waals surface area contributed by atoms with Crippen molar-refractivity contribution in [1.29, 1.82) is 0 Å². The Morgan fingerprint density at radius 1 is 1.38 bits per heavy atom. The van der Waals surface area contributed by atoms with Crippen molar-refractivity contribution >= 4 is 56.9 Å². The van der Waals surface area contributed by atoms with Gasteiger partial charge in [-0.15, -0.1) is 23.1 Å². The number of methoxy groups -OCH3 is 1. The molecule has 1 aromatic carbocycles. The Labute approximate surface area is 194 Å². The van der Waals surface area contributed by atoms with Gasteiger partial charge >= 0.3 is 0 Å². The van der Waals surface area contributed by atoms with E-state index in [0.717, 1.165) is 56.5 Å². The first kappa shape index (κ1) is 21.4. The van der Waals surface area contributed by atoms with Crippen LogP contribution < -0.4 is 15.9 Å². The molecule has 7 nitrogen and oxygen atoms in total. The van der Waals surface area contributed by atoms with Gasteiger partial charge in [0.1, 0.15) is 17.0 Å². The zero-order chi connectivity index (χ0) is 22.2.